The largest absolute Gasteiger partial charge is 0.388 e. The quantitative estimate of drug-likeness (QED) is 0.510. The molecule has 5 heteroatoms. The van der Waals surface area contributed by atoms with Gasteiger partial charge >= 0.3 is 0 Å². The van der Waals surface area contributed by atoms with Crippen LogP contribution in [0.1, 0.15) is 51.3 Å². The Balaban J connectivity index is 0.000000298. The van der Waals surface area contributed by atoms with Crippen molar-refractivity contribution in [2.45, 2.75) is 47.3 Å². The topological polar surface area (TPSA) is 48.6 Å². The molecule has 5 nitrogen and oxygen atoms in total. The molecule has 0 amide bonds. The Kier molecular flexibility index (Phi) is 12.8. The molecule has 1 unspecified atom stereocenters. The van der Waals surface area contributed by atoms with E-state index in [-0.39, 0.29) is 6.10 Å². The molecule has 2 aromatic carbocycles. The Morgan fingerprint density at radius 3 is 2.18 bits per heavy atom. The van der Waals surface area contributed by atoms with E-state index in [9.17, 15) is 0 Å². The lowest BCUT2D eigenvalue weighted by molar-refractivity contribution is 0.00252. The van der Waals surface area contributed by atoms with Gasteiger partial charge in [-0.3, -0.25) is 0 Å². The van der Waals surface area contributed by atoms with Gasteiger partial charge in [-0.25, -0.2) is 0 Å². The molecule has 2 aliphatic rings. The summed E-state index contributed by atoms with van der Waals surface area (Å²) in [7, 11) is 3.85. The number of ether oxygens (including phenoxy) is 1. The second-order valence-corrected chi connectivity index (χ2v) is 7.36. The number of nitrogens with one attached hydrogen (secondary N) is 3. The zero-order valence-electron chi connectivity index (χ0n) is 21.7. The lowest BCUT2D eigenvalue weighted by atomic mass is 10.1. The SMILES string of the molecule is C=C(c1ccc(NC)cc1)N1CCOC(C)C1.C=C1NCc2cc(NC)ccc21.CC.CC. The van der Waals surface area contributed by atoms with E-state index < -0.39 is 0 Å². The highest BCUT2D eigenvalue weighted by Crippen LogP contribution is 2.25. The fourth-order valence-electron chi connectivity index (χ4n) is 3.56. The number of morpholine rings is 1. The second kappa shape index (κ2) is 15.0. The van der Waals surface area contributed by atoms with E-state index in [4.69, 9.17) is 4.74 Å². The zero-order chi connectivity index (χ0) is 24.8. The Morgan fingerprint density at radius 1 is 1.00 bits per heavy atom. The number of nitrogens with zero attached hydrogens (tertiary/aromatic N) is 1. The summed E-state index contributed by atoms with van der Waals surface area (Å²) in [5.74, 6) is 0. The number of benzene rings is 2. The van der Waals surface area contributed by atoms with Crippen molar-refractivity contribution in [1.82, 2.24) is 10.2 Å². The normalized spacial score (nSPS) is 15.8. The van der Waals surface area contributed by atoms with Crippen LogP contribution in [0.3, 0.4) is 0 Å². The minimum Gasteiger partial charge on any atom is -0.388 e. The number of hydrogen-bond donors (Lipinski definition) is 3. The van der Waals surface area contributed by atoms with Crippen molar-refractivity contribution in [3.05, 3.63) is 72.3 Å². The molecule has 0 aromatic heterocycles. The van der Waals surface area contributed by atoms with Crippen molar-refractivity contribution in [2.24, 2.45) is 0 Å². The molecule has 2 aromatic rings. The van der Waals surface area contributed by atoms with E-state index >= 15 is 0 Å². The van der Waals surface area contributed by atoms with Crippen LogP contribution in [0.4, 0.5) is 11.4 Å². The van der Waals surface area contributed by atoms with Gasteiger partial charge in [0.15, 0.2) is 0 Å². The van der Waals surface area contributed by atoms with E-state index in [1.807, 2.05) is 41.8 Å². The van der Waals surface area contributed by atoms with E-state index in [2.05, 4.69) is 83.4 Å². The molecule has 0 spiro atoms. The van der Waals surface area contributed by atoms with E-state index in [0.717, 1.165) is 49.0 Å². The minimum atomic E-state index is 0.289. The van der Waals surface area contributed by atoms with Gasteiger partial charge in [-0.15, -0.1) is 0 Å². The second-order valence-electron chi connectivity index (χ2n) is 7.36. The summed E-state index contributed by atoms with van der Waals surface area (Å²) in [4.78, 5) is 2.29. The van der Waals surface area contributed by atoms with Crippen molar-refractivity contribution in [3.63, 3.8) is 0 Å². The standard InChI is InChI=1S/C14H20N2O.C10H12N2.2C2H6/c1-11-10-16(8-9-17-11)12(2)13-4-6-14(15-3)7-5-13;1-7-10-4-3-9(11-2)5-8(10)6-12-7;2*1-2/h4-7,11,15H,2,8-10H2,1,3H3;3-5,11-12H,1,6H2,2H3;2*1-2H3. The summed E-state index contributed by atoms with van der Waals surface area (Å²) >= 11 is 0. The van der Waals surface area contributed by atoms with Crippen LogP contribution in [-0.2, 0) is 11.3 Å². The maximum atomic E-state index is 5.54. The summed E-state index contributed by atoms with van der Waals surface area (Å²) < 4.78 is 5.54. The van der Waals surface area contributed by atoms with Gasteiger partial charge in [-0.2, -0.15) is 0 Å². The van der Waals surface area contributed by atoms with Gasteiger partial charge in [0.2, 0.25) is 0 Å². The van der Waals surface area contributed by atoms with Crippen LogP contribution in [-0.4, -0.2) is 44.8 Å². The number of anilines is 2. The monoisotopic (exact) mass is 452 g/mol. The molecule has 1 atom stereocenters. The smallest absolute Gasteiger partial charge is 0.0722 e. The number of rotatable bonds is 4. The van der Waals surface area contributed by atoms with E-state index in [1.54, 1.807) is 0 Å². The molecule has 2 heterocycles. The third kappa shape index (κ3) is 8.17. The average molecular weight is 453 g/mol. The zero-order valence-corrected chi connectivity index (χ0v) is 21.7. The molecule has 33 heavy (non-hydrogen) atoms. The Labute approximate surface area is 201 Å². The first-order valence-electron chi connectivity index (χ1n) is 12.1. The number of hydrogen-bond acceptors (Lipinski definition) is 5. The van der Waals surface area contributed by atoms with Crippen molar-refractivity contribution in [2.75, 3.05) is 44.4 Å². The minimum absolute atomic E-state index is 0.289. The van der Waals surface area contributed by atoms with Crippen molar-refractivity contribution in [3.8, 4) is 0 Å². The molecule has 0 saturated carbocycles. The van der Waals surface area contributed by atoms with Gasteiger partial charge in [0.05, 0.1) is 12.7 Å². The summed E-state index contributed by atoms with van der Waals surface area (Å²) in [6, 6.07) is 14.7. The van der Waals surface area contributed by atoms with Gasteiger partial charge in [0, 0.05) is 62.1 Å². The summed E-state index contributed by atoms with van der Waals surface area (Å²) in [6.07, 6.45) is 0.289. The molecule has 4 rings (SSSR count). The van der Waals surface area contributed by atoms with Crippen LogP contribution in [0.5, 0.6) is 0 Å². The highest BCUT2D eigenvalue weighted by molar-refractivity contribution is 5.71. The Bertz CT molecular complexity index is 861. The van der Waals surface area contributed by atoms with Gasteiger partial charge in [0.1, 0.15) is 0 Å². The van der Waals surface area contributed by atoms with Crippen LogP contribution < -0.4 is 16.0 Å². The van der Waals surface area contributed by atoms with Gasteiger partial charge in [-0.05, 0) is 42.3 Å². The van der Waals surface area contributed by atoms with Gasteiger partial charge in [-0.1, -0.05) is 59.1 Å². The van der Waals surface area contributed by atoms with E-state index in [1.165, 1.54) is 16.7 Å². The summed E-state index contributed by atoms with van der Waals surface area (Å²) in [5.41, 5.74) is 8.15. The molecule has 182 valence electrons. The fourth-order valence-corrected chi connectivity index (χ4v) is 3.56. The number of fused-ring (bicyclic) bond motifs is 1. The maximum Gasteiger partial charge on any atom is 0.0722 e. The molecular weight excluding hydrogens is 408 g/mol. The third-order valence-electron chi connectivity index (χ3n) is 5.34. The highest BCUT2D eigenvalue weighted by atomic mass is 16.5. The lowest BCUT2D eigenvalue weighted by Crippen LogP contribution is -2.39. The molecule has 0 bridgehead atoms. The fraction of sp³-hybridized carbons (Fsp3) is 0.429. The van der Waals surface area contributed by atoms with Crippen molar-refractivity contribution < 1.29 is 4.74 Å². The van der Waals surface area contributed by atoms with Crippen LogP contribution >= 0.6 is 0 Å². The van der Waals surface area contributed by atoms with Crippen LogP contribution in [0, 0.1) is 0 Å². The van der Waals surface area contributed by atoms with E-state index in [0.29, 0.717) is 0 Å². The van der Waals surface area contributed by atoms with Crippen molar-refractivity contribution >= 4 is 22.8 Å². The Hall–Kier alpha value is -2.92. The summed E-state index contributed by atoms with van der Waals surface area (Å²) in [6.45, 7) is 21.8. The van der Waals surface area contributed by atoms with Crippen LogP contribution in [0.25, 0.3) is 11.4 Å². The Morgan fingerprint density at radius 2 is 1.61 bits per heavy atom. The molecule has 1 fully saturated rings. The van der Waals surface area contributed by atoms with Gasteiger partial charge < -0.3 is 25.6 Å². The summed E-state index contributed by atoms with van der Waals surface area (Å²) in [5, 5.41) is 9.44. The molecule has 0 aliphatic carbocycles. The van der Waals surface area contributed by atoms with Gasteiger partial charge in [0.25, 0.3) is 0 Å². The predicted molar refractivity (Wildman–Crippen MR) is 147 cm³/mol. The van der Waals surface area contributed by atoms with Crippen LogP contribution in [0.2, 0.25) is 0 Å². The first-order valence-corrected chi connectivity index (χ1v) is 12.1. The first kappa shape index (κ1) is 28.1. The average Bonchev–Trinajstić information content (AvgIpc) is 3.26. The van der Waals surface area contributed by atoms with Crippen molar-refractivity contribution in [1.29, 1.82) is 0 Å². The predicted octanol–water partition coefficient (Wildman–Crippen LogP) is 6.27. The molecule has 1 saturated heterocycles. The molecule has 3 N–H and O–H groups in total. The molecule has 0 radical (unpaired) electrons. The van der Waals surface area contributed by atoms with Crippen LogP contribution in [0.15, 0.2) is 55.6 Å². The first-order chi connectivity index (χ1) is 16.0. The maximum absolute atomic E-state index is 5.54. The lowest BCUT2D eigenvalue weighted by Gasteiger charge is -2.34. The molecule has 2 aliphatic heterocycles. The molecular formula is C28H44N4O. The third-order valence-corrected chi connectivity index (χ3v) is 5.34. The highest BCUT2D eigenvalue weighted by Gasteiger charge is 2.18.